The highest BCUT2D eigenvalue weighted by molar-refractivity contribution is 7.09. The zero-order valence-electron chi connectivity index (χ0n) is 19.5. The summed E-state index contributed by atoms with van der Waals surface area (Å²) < 4.78 is 18.2. The summed E-state index contributed by atoms with van der Waals surface area (Å²) in [6, 6.07) is 13.4. The van der Waals surface area contributed by atoms with Crippen LogP contribution in [-0.2, 0) is 17.8 Å². The van der Waals surface area contributed by atoms with E-state index in [1.54, 1.807) is 29.5 Å². The van der Waals surface area contributed by atoms with Gasteiger partial charge < -0.3 is 20.3 Å². The van der Waals surface area contributed by atoms with E-state index in [9.17, 15) is 14.0 Å². The van der Waals surface area contributed by atoms with E-state index in [1.165, 1.54) is 29.0 Å². The zero-order valence-corrected chi connectivity index (χ0v) is 20.3. The lowest BCUT2D eigenvalue weighted by atomic mass is 10.0. The number of carbonyl (C=O) groups excluding carboxylic acids is 2. The van der Waals surface area contributed by atoms with Gasteiger partial charge in [-0.25, -0.2) is 14.2 Å². The molecule has 0 spiro atoms. The second kappa shape index (κ2) is 12.2. The molecule has 180 valence electrons. The van der Waals surface area contributed by atoms with Crippen LogP contribution in [0.3, 0.4) is 0 Å². The summed E-state index contributed by atoms with van der Waals surface area (Å²) in [4.78, 5) is 31.3. The third kappa shape index (κ3) is 7.36. The molecule has 0 aliphatic rings. The van der Waals surface area contributed by atoms with Gasteiger partial charge in [-0.1, -0.05) is 38.1 Å². The van der Waals surface area contributed by atoms with Crippen LogP contribution in [0.25, 0.3) is 0 Å². The molecule has 1 aromatic heterocycles. The SMILES string of the molecule is COCCN(Cc1nc(C(=O)NCc2ccc(F)cc2)cs1)C(=O)Nc1ccc(C(C)C)cc1. The van der Waals surface area contributed by atoms with E-state index in [-0.39, 0.29) is 36.5 Å². The van der Waals surface area contributed by atoms with Crippen LogP contribution < -0.4 is 10.6 Å². The Bertz CT molecular complexity index is 1080. The molecule has 0 unspecified atom stereocenters. The fourth-order valence-electron chi connectivity index (χ4n) is 3.13. The van der Waals surface area contributed by atoms with Crippen LogP contribution >= 0.6 is 11.3 Å². The lowest BCUT2D eigenvalue weighted by Gasteiger charge is -2.22. The smallest absolute Gasteiger partial charge is 0.322 e. The molecule has 0 saturated carbocycles. The van der Waals surface area contributed by atoms with E-state index in [0.29, 0.717) is 29.8 Å². The Balaban J connectivity index is 1.60. The average Bonchev–Trinajstić information content (AvgIpc) is 3.30. The van der Waals surface area contributed by atoms with Crippen molar-refractivity contribution in [2.75, 3.05) is 25.6 Å². The third-order valence-corrected chi connectivity index (χ3v) is 5.99. The van der Waals surface area contributed by atoms with Crippen molar-refractivity contribution in [2.24, 2.45) is 0 Å². The normalized spacial score (nSPS) is 10.9. The highest BCUT2D eigenvalue weighted by Crippen LogP contribution is 2.18. The second-order valence-corrected chi connectivity index (χ2v) is 9.00. The summed E-state index contributed by atoms with van der Waals surface area (Å²) in [5.74, 6) is -0.242. The molecule has 0 radical (unpaired) electrons. The first-order chi connectivity index (χ1) is 16.4. The van der Waals surface area contributed by atoms with Gasteiger partial charge in [0.2, 0.25) is 0 Å². The molecule has 3 rings (SSSR count). The van der Waals surface area contributed by atoms with Gasteiger partial charge in [0.15, 0.2) is 0 Å². The number of nitrogens with zero attached hydrogens (tertiary/aromatic N) is 2. The zero-order chi connectivity index (χ0) is 24.5. The predicted octanol–water partition coefficient (Wildman–Crippen LogP) is 5.02. The van der Waals surface area contributed by atoms with Gasteiger partial charge in [0, 0.05) is 31.3 Å². The van der Waals surface area contributed by atoms with Gasteiger partial charge in [-0.05, 0) is 41.3 Å². The van der Waals surface area contributed by atoms with Crippen molar-refractivity contribution >= 4 is 29.0 Å². The summed E-state index contributed by atoms with van der Waals surface area (Å²) in [6.45, 7) is 5.49. The first kappa shape index (κ1) is 25.3. The Morgan fingerprint density at radius 1 is 1.12 bits per heavy atom. The predicted molar refractivity (Wildman–Crippen MR) is 132 cm³/mol. The molecule has 7 nitrogen and oxygen atoms in total. The van der Waals surface area contributed by atoms with E-state index in [0.717, 1.165) is 5.56 Å². The van der Waals surface area contributed by atoms with Crippen molar-refractivity contribution in [1.29, 1.82) is 0 Å². The maximum Gasteiger partial charge on any atom is 0.322 e. The third-order valence-electron chi connectivity index (χ3n) is 5.16. The number of urea groups is 1. The molecule has 0 aliphatic carbocycles. The molecule has 0 atom stereocenters. The van der Waals surface area contributed by atoms with Crippen molar-refractivity contribution in [3.63, 3.8) is 0 Å². The van der Waals surface area contributed by atoms with Crippen molar-refractivity contribution in [3.05, 3.63) is 81.6 Å². The fourth-order valence-corrected chi connectivity index (χ4v) is 3.92. The number of benzene rings is 2. The van der Waals surface area contributed by atoms with Crippen LogP contribution in [0.5, 0.6) is 0 Å². The molecule has 0 fully saturated rings. The van der Waals surface area contributed by atoms with E-state index in [2.05, 4.69) is 29.5 Å². The second-order valence-electron chi connectivity index (χ2n) is 8.06. The Morgan fingerprint density at radius 2 is 1.82 bits per heavy atom. The molecular formula is C25H29FN4O3S. The standard InChI is InChI=1S/C25H29FN4O3S/c1-17(2)19-6-10-21(11-7-19)28-25(32)30(12-13-33-3)15-23-29-22(16-34-23)24(31)27-14-18-4-8-20(26)9-5-18/h4-11,16-17H,12-15H2,1-3H3,(H,27,31)(H,28,32). The number of ether oxygens (including phenoxy) is 1. The van der Waals surface area contributed by atoms with Crippen LogP contribution in [0.15, 0.2) is 53.9 Å². The van der Waals surface area contributed by atoms with Gasteiger partial charge in [0.1, 0.15) is 16.5 Å². The molecule has 1 heterocycles. The monoisotopic (exact) mass is 484 g/mol. The van der Waals surface area contributed by atoms with Crippen molar-refractivity contribution < 1.29 is 18.7 Å². The molecule has 0 aliphatic heterocycles. The lowest BCUT2D eigenvalue weighted by molar-refractivity contribution is 0.0946. The van der Waals surface area contributed by atoms with E-state index in [1.807, 2.05) is 24.3 Å². The molecule has 9 heteroatoms. The quantitative estimate of drug-likeness (QED) is 0.423. The largest absolute Gasteiger partial charge is 0.383 e. The average molecular weight is 485 g/mol. The minimum absolute atomic E-state index is 0.245. The number of carbonyl (C=O) groups is 2. The van der Waals surface area contributed by atoms with E-state index >= 15 is 0 Å². The number of amides is 3. The highest BCUT2D eigenvalue weighted by Gasteiger charge is 2.18. The number of halogens is 1. The van der Waals surface area contributed by atoms with Crippen LogP contribution in [0.2, 0.25) is 0 Å². The topological polar surface area (TPSA) is 83.6 Å². The Hall–Kier alpha value is -3.30. The van der Waals surface area contributed by atoms with Crippen molar-refractivity contribution in [3.8, 4) is 0 Å². The van der Waals surface area contributed by atoms with Crippen molar-refractivity contribution in [1.82, 2.24) is 15.2 Å². The van der Waals surface area contributed by atoms with Crippen LogP contribution in [0.4, 0.5) is 14.9 Å². The molecule has 0 saturated heterocycles. The molecule has 2 aromatic carbocycles. The first-order valence-corrected chi connectivity index (χ1v) is 11.9. The molecular weight excluding hydrogens is 455 g/mol. The van der Waals surface area contributed by atoms with Gasteiger partial charge in [-0.15, -0.1) is 11.3 Å². The summed E-state index contributed by atoms with van der Waals surface area (Å²) in [6.07, 6.45) is 0. The summed E-state index contributed by atoms with van der Waals surface area (Å²) in [5, 5.41) is 7.98. The number of rotatable bonds is 10. The number of aromatic nitrogens is 1. The highest BCUT2D eigenvalue weighted by atomic mass is 32.1. The number of anilines is 1. The van der Waals surface area contributed by atoms with Crippen LogP contribution in [0.1, 0.15) is 46.4 Å². The minimum Gasteiger partial charge on any atom is -0.383 e. The summed E-state index contributed by atoms with van der Waals surface area (Å²) in [7, 11) is 1.58. The van der Waals surface area contributed by atoms with Gasteiger partial charge in [-0.2, -0.15) is 0 Å². The number of thiazole rings is 1. The Kier molecular flexibility index (Phi) is 9.12. The number of methoxy groups -OCH3 is 1. The molecule has 2 N–H and O–H groups in total. The summed E-state index contributed by atoms with van der Waals surface area (Å²) >= 11 is 1.31. The maximum absolute atomic E-state index is 13.0. The molecule has 34 heavy (non-hydrogen) atoms. The Labute approximate surface area is 203 Å². The minimum atomic E-state index is -0.329. The van der Waals surface area contributed by atoms with E-state index < -0.39 is 0 Å². The lowest BCUT2D eigenvalue weighted by Crippen LogP contribution is -2.36. The van der Waals surface area contributed by atoms with Gasteiger partial charge in [-0.3, -0.25) is 4.79 Å². The first-order valence-electron chi connectivity index (χ1n) is 11.0. The van der Waals surface area contributed by atoms with E-state index in [4.69, 9.17) is 4.74 Å². The van der Waals surface area contributed by atoms with Gasteiger partial charge in [0.25, 0.3) is 5.91 Å². The number of hydrogen-bond acceptors (Lipinski definition) is 5. The fraction of sp³-hybridized carbons (Fsp3) is 0.320. The van der Waals surface area contributed by atoms with Gasteiger partial charge >= 0.3 is 6.03 Å². The molecule has 3 amide bonds. The molecule has 0 bridgehead atoms. The van der Waals surface area contributed by atoms with Crippen LogP contribution in [-0.4, -0.2) is 42.1 Å². The number of hydrogen-bond donors (Lipinski definition) is 2. The summed E-state index contributed by atoms with van der Waals surface area (Å²) in [5.41, 5.74) is 2.96. The maximum atomic E-state index is 13.0. The molecule has 3 aromatic rings. The van der Waals surface area contributed by atoms with Crippen LogP contribution in [0, 0.1) is 5.82 Å². The van der Waals surface area contributed by atoms with Gasteiger partial charge in [0.05, 0.1) is 13.2 Å². The Morgan fingerprint density at radius 3 is 2.47 bits per heavy atom. The number of nitrogens with one attached hydrogen (secondary N) is 2. The van der Waals surface area contributed by atoms with Crippen molar-refractivity contribution in [2.45, 2.75) is 32.9 Å².